The highest BCUT2D eigenvalue weighted by Crippen LogP contribution is 2.15. The Morgan fingerprint density at radius 1 is 1.05 bits per heavy atom. The SMILES string of the molecule is NC(=O)c1ccc(NCc2c(F)cccc2F)cc1. The van der Waals surface area contributed by atoms with E-state index in [0.29, 0.717) is 11.3 Å². The lowest BCUT2D eigenvalue weighted by atomic mass is 10.1. The molecule has 2 rings (SSSR count). The molecule has 0 aromatic heterocycles. The number of primary amides is 1. The van der Waals surface area contributed by atoms with Gasteiger partial charge in [-0.2, -0.15) is 0 Å². The summed E-state index contributed by atoms with van der Waals surface area (Å²) in [6.07, 6.45) is 0. The zero-order chi connectivity index (χ0) is 13.8. The summed E-state index contributed by atoms with van der Waals surface area (Å²) >= 11 is 0. The summed E-state index contributed by atoms with van der Waals surface area (Å²) < 4.78 is 26.8. The Morgan fingerprint density at radius 3 is 2.16 bits per heavy atom. The Morgan fingerprint density at radius 2 is 1.63 bits per heavy atom. The lowest BCUT2D eigenvalue weighted by Crippen LogP contribution is -2.10. The third-order valence-corrected chi connectivity index (χ3v) is 2.70. The van der Waals surface area contributed by atoms with E-state index in [0.717, 1.165) is 0 Å². The summed E-state index contributed by atoms with van der Waals surface area (Å²) in [5, 5.41) is 2.88. The van der Waals surface area contributed by atoms with Crippen molar-refractivity contribution in [2.24, 2.45) is 5.73 Å². The first kappa shape index (κ1) is 13.0. The summed E-state index contributed by atoms with van der Waals surface area (Å²) in [7, 11) is 0. The van der Waals surface area contributed by atoms with Crippen LogP contribution in [0.15, 0.2) is 42.5 Å². The Hall–Kier alpha value is -2.43. The first-order valence-corrected chi connectivity index (χ1v) is 5.64. The normalized spacial score (nSPS) is 10.2. The number of amides is 1. The fraction of sp³-hybridized carbons (Fsp3) is 0.0714. The molecule has 0 aliphatic rings. The monoisotopic (exact) mass is 262 g/mol. The van der Waals surface area contributed by atoms with E-state index >= 15 is 0 Å². The van der Waals surface area contributed by atoms with Crippen LogP contribution in [0, 0.1) is 11.6 Å². The molecule has 5 heteroatoms. The van der Waals surface area contributed by atoms with E-state index < -0.39 is 17.5 Å². The second-order valence-corrected chi connectivity index (χ2v) is 4.00. The molecule has 0 aliphatic carbocycles. The average Bonchev–Trinajstić information content (AvgIpc) is 2.38. The summed E-state index contributed by atoms with van der Waals surface area (Å²) in [5.74, 6) is -1.71. The van der Waals surface area contributed by atoms with Gasteiger partial charge in [-0.15, -0.1) is 0 Å². The quantitative estimate of drug-likeness (QED) is 0.890. The van der Waals surface area contributed by atoms with E-state index in [-0.39, 0.29) is 12.1 Å². The first-order chi connectivity index (χ1) is 9.08. The van der Waals surface area contributed by atoms with Crippen molar-refractivity contribution in [1.29, 1.82) is 0 Å². The summed E-state index contributed by atoms with van der Waals surface area (Å²) in [6.45, 7) is 0.0222. The molecule has 0 atom stereocenters. The molecule has 2 aromatic rings. The summed E-state index contributed by atoms with van der Waals surface area (Å²) in [6, 6.07) is 10.1. The van der Waals surface area contributed by atoms with Gasteiger partial charge >= 0.3 is 0 Å². The maximum atomic E-state index is 13.4. The molecular weight excluding hydrogens is 250 g/mol. The molecule has 0 radical (unpaired) electrons. The Kier molecular flexibility index (Phi) is 3.75. The lowest BCUT2D eigenvalue weighted by molar-refractivity contribution is 0.100. The highest BCUT2D eigenvalue weighted by atomic mass is 19.1. The van der Waals surface area contributed by atoms with Gasteiger partial charge in [0.2, 0.25) is 5.91 Å². The van der Waals surface area contributed by atoms with Gasteiger partial charge in [-0.3, -0.25) is 4.79 Å². The second-order valence-electron chi connectivity index (χ2n) is 4.00. The van der Waals surface area contributed by atoms with Crippen molar-refractivity contribution in [3.63, 3.8) is 0 Å². The number of rotatable bonds is 4. The first-order valence-electron chi connectivity index (χ1n) is 5.64. The predicted octanol–water partition coefficient (Wildman–Crippen LogP) is 2.68. The zero-order valence-electron chi connectivity index (χ0n) is 9.99. The van der Waals surface area contributed by atoms with E-state index in [2.05, 4.69) is 5.32 Å². The Bertz CT molecular complexity index is 577. The number of hydrogen-bond donors (Lipinski definition) is 2. The van der Waals surface area contributed by atoms with Gasteiger partial charge in [-0.1, -0.05) is 6.07 Å². The van der Waals surface area contributed by atoms with Gasteiger partial charge in [0.1, 0.15) is 11.6 Å². The van der Waals surface area contributed by atoms with Crippen LogP contribution in [0.1, 0.15) is 15.9 Å². The highest BCUT2D eigenvalue weighted by Gasteiger charge is 2.07. The predicted molar refractivity (Wildman–Crippen MR) is 68.6 cm³/mol. The van der Waals surface area contributed by atoms with Crippen molar-refractivity contribution in [3.8, 4) is 0 Å². The van der Waals surface area contributed by atoms with Gasteiger partial charge in [-0.25, -0.2) is 8.78 Å². The van der Waals surface area contributed by atoms with Crippen LogP contribution in [-0.4, -0.2) is 5.91 Å². The molecule has 2 aromatic carbocycles. The zero-order valence-corrected chi connectivity index (χ0v) is 9.99. The minimum absolute atomic E-state index is 0.0222. The summed E-state index contributed by atoms with van der Waals surface area (Å²) in [5.41, 5.74) is 6.11. The molecule has 3 nitrogen and oxygen atoms in total. The maximum Gasteiger partial charge on any atom is 0.248 e. The molecule has 19 heavy (non-hydrogen) atoms. The van der Waals surface area contributed by atoms with Gasteiger partial charge in [-0.05, 0) is 36.4 Å². The molecule has 0 fully saturated rings. The third kappa shape index (κ3) is 3.07. The van der Waals surface area contributed by atoms with Crippen LogP contribution in [0.5, 0.6) is 0 Å². The largest absolute Gasteiger partial charge is 0.381 e. The smallest absolute Gasteiger partial charge is 0.248 e. The van der Waals surface area contributed by atoms with Crippen LogP contribution in [0.3, 0.4) is 0 Å². The van der Waals surface area contributed by atoms with Crippen LogP contribution in [0.4, 0.5) is 14.5 Å². The number of benzene rings is 2. The van der Waals surface area contributed by atoms with Crippen molar-refractivity contribution < 1.29 is 13.6 Å². The number of nitrogens with two attached hydrogens (primary N) is 1. The minimum atomic E-state index is -0.596. The molecule has 0 aliphatic heterocycles. The molecule has 0 heterocycles. The fourth-order valence-electron chi connectivity index (χ4n) is 1.64. The molecule has 1 amide bonds. The molecule has 0 saturated heterocycles. The molecule has 0 unspecified atom stereocenters. The number of nitrogens with one attached hydrogen (secondary N) is 1. The van der Waals surface area contributed by atoms with Gasteiger partial charge in [0.15, 0.2) is 0 Å². The topological polar surface area (TPSA) is 55.1 Å². The Balaban J connectivity index is 2.08. The molecule has 3 N–H and O–H groups in total. The van der Waals surface area contributed by atoms with Crippen molar-refractivity contribution in [2.75, 3.05) is 5.32 Å². The molecule has 0 saturated carbocycles. The van der Waals surface area contributed by atoms with Crippen molar-refractivity contribution in [1.82, 2.24) is 0 Å². The van der Waals surface area contributed by atoms with Crippen molar-refractivity contribution in [3.05, 3.63) is 65.2 Å². The fourth-order valence-corrected chi connectivity index (χ4v) is 1.64. The molecule has 98 valence electrons. The van der Waals surface area contributed by atoms with Gasteiger partial charge in [0, 0.05) is 23.4 Å². The van der Waals surface area contributed by atoms with E-state index in [1.165, 1.54) is 18.2 Å². The van der Waals surface area contributed by atoms with E-state index in [1.807, 2.05) is 0 Å². The van der Waals surface area contributed by atoms with Crippen molar-refractivity contribution >= 4 is 11.6 Å². The van der Waals surface area contributed by atoms with Crippen LogP contribution >= 0.6 is 0 Å². The number of carbonyl (C=O) groups excluding carboxylic acids is 1. The maximum absolute atomic E-state index is 13.4. The summed E-state index contributed by atoms with van der Waals surface area (Å²) in [4.78, 5) is 10.9. The van der Waals surface area contributed by atoms with Crippen LogP contribution < -0.4 is 11.1 Å². The number of hydrogen-bond acceptors (Lipinski definition) is 2. The molecular formula is C14H12F2N2O. The number of carbonyl (C=O) groups is 1. The lowest BCUT2D eigenvalue weighted by Gasteiger charge is -2.08. The number of halogens is 2. The standard InChI is InChI=1S/C14H12F2N2O/c15-12-2-1-3-13(16)11(12)8-18-10-6-4-9(5-7-10)14(17)19/h1-7,18H,8H2,(H2,17,19). The highest BCUT2D eigenvalue weighted by molar-refractivity contribution is 5.93. The van der Waals surface area contributed by atoms with Crippen LogP contribution in [0.2, 0.25) is 0 Å². The molecule has 0 spiro atoms. The van der Waals surface area contributed by atoms with Crippen LogP contribution in [-0.2, 0) is 6.54 Å². The number of anilines is 1. The Labute approximate surface area is 109 Å². The van der Waals surface area contributed by atoms with Gasteiger partial charge in [0.25, 0.3) is 0 Å². The average molecular weight is 262 g/mol. The van der Waals surface area contributed by atoms with E-state index in [4.69, 9.17) is 5.73 Å². The third-order valence-electron chi connectivity index (χ3n) is 2.70. The van der Waals surface area contributed by atoms with Crippen LogP contribution in [0.25, 0.3) is 0 Å². The second kappa shape index (κ2) is 5.48. The minimum Gasteiger partial charge on any atom is -0.381 e. The molecule has 0 bridgehead atoms. The van der Waals surface area contributed by atoms with Crippen molar-refractivity contribution in [2.45, 2.75) is 6.54 Å². The van der Waals surface area contributed by atoms with E-state index in [9.17, 15) is 13.6 Å². The van der Waals surface area contributed by atoms with Gasteiger partial charge in [0.05, 0.1) is 0 Å². The van der Waals surface area contributed by atoms with E-state index in [1.54, 1.807) is 24.3 Å². The van der Waals surface area contributed by atoms with Gasteiger partial charge < -0.3 is 11.1 Å².